The second-order valence-electron chi connectivity index (χ2n) is 5.77. The Labute approximate surface area is 107 Å². The minimum absolute atomic E-state index is 0.0217. The van der Waals surface area contributed by atoms with Crippen molar-refractivity contribution in [2.24, 2.45) is 5.92 Å². The third-order valence-corrected chi connectivity index (χ3v) is 4.23. The van der Waals surface area contributed by atoms with Crippen molar-refractivity contribution in [3.8, 4) is 0 Å². The third-order valence-electron chi connectivity index (χ3n) is 4.23. The molecule has 3 N–H and O–H groups in total. The van der Waals surface area contributed by atoms with Gasteiger partial charge < -0.3 is 15.7 Å². The molecular formula is C13H22N2O3. The highest BCUT2D eigenvalue weighted by atomic mass is 16.3. The van der Waals surface area contributed by atoms with Crippen molar-refractivity contribution >= 4 is 11.8 Å². The van der Waals surface area contributed by atoms with E-state index in [1.54, 1.807) is 0 Å². The quantitative estimate of drug-likeness (QED) is 0.679. The highest BCUT2D eigenvalue weighted by Crippen LogP contribution is 2.31. The molecule has 1 aliphatic heterocycles. The summed E-state index contributed by atoms with van der Waals surface area (Å²) in [6.45, 7) is 2.17. The Bertz CT molecular complexity index is 335. The Balaban J connectivity index is 1.93. The Morgan fingerprint density at radius 2 is 2.11 bits per heavy atom. The van der Waals surface area contributed by atoms with E-state index in [1.807, 2.05) is 0 Å². The fourth-order valence-corrected chi connectivity index (χ4v) is 2.80. The molecule has 1 aliphatic carbocycles. The Morgan fingerprint density at radius 1 is 1.44 bits per heavy atom. The van der Waals surface area contributed by atoms with Gasteiger partial charge in [0.1, 0.15) is 6.04 Å². The Kier molecular flexibility index (Phi) is 3.90. The van der Waals surface area contributed by atoms with Gasteiger partial charge in [0.15, 0.2) is 0 Å². The van der Waals surface area contributed by atoms with Crippen LogP contribution in [0.2, 0.25) is 0 Å². The van der Waals surface area contributed by atoms with Gasteiger partial charge >= 0.3 is 0 Å². The van der Waals surface area contributed by atoms with Crippen molar-refractivity contribution in [1.82, 2.24) is 10.6 Å². The van der Waals surface area contributed by atoms with Gasteiger partial charge in [-0.2, -0.15) is 0 Å². The third kappa shape index (κ3) is 2.83. The van der Waals surface area contributed by atoms with E-state index in [4.69, 9.17) is 0 Å². The first kappa shape index (κ1) is 13.3. The molecule has 18 heavy (non-hydrogen) atoms. The lowest BCUT2D eigenvalue weighted by atomic mass is 9.77. The largest absolute Gasteiger partial charge is 0.394 e. The molecular weight excluding hydrogens is 232 g/mol. The molecule has 0 bridgehead atoms. The normalized spacial score (nSPS) is 36.2. The molecule has 2 amide bonds. The molecule has 0 spiro atoms. The number of hydrogen-bond donors (Lipinski definition) is 3. The zero-order valence-electron chi connectivity index (χ0n) is 10.9. The van der Waals surface area contributed by atoms with Crippen LogP contribution in [0.4, 0.5) is 0 Å². The van der Waals surface area contributed by atoms with Gasteiger partial charge in [-0.1, -0.05) is 6.92 Å². The summed E-state index contributed by atoms with van der Waals surface area (Å²) < 4.78 is 0. The van der Waals surface area contributed by atoms with Crippen LogP contribution in [0.25, 0.3) is 0 Å². The minimum atomic E-state index is -0.475. The smallest absolute Gasteiger partial charge is 0.243 e. The summed E-state index contributed by atoms with van der Waals surface area (Å²) in [6, 6.07) is -0.416. The summed E-state index contributed by atoms with van der Waals surface area (Å²) in [5, 5.41) is 15.2. The molecule has 0 unspecified atom stereocenters. The number of aliphatic hydroxyl groups excluding tert-OH is 1. The molecule has 2 fully saturated rings. The Morgan fingerprint density at radius 3 is 2.61 bits per heavy atom. The zero-order valence-corrected chi connectivity index (χ0v) is 10.9. The van der Waals surface area contributed by atoms with Crippen LogP contribution in [0, 0.1) is 5.92 Å². The average molecular weight is 254 g/mol. The second-order valence-corrected chi connectivity index (χ2v) is 5.77. The van der Waals surface area contributed by atoms with E-state index < -0.39 is 11.6 Å². The maximum absolute atomic E-state index is 12.1. The summed E-state index contributed by atoms with van der Waals surface area (Å²) in [6.07, 6.45) is 4.66. The topological polar surface area (TPSA) is 78.4 Å². The molecule has 1 atom stereocenters. The number of carbonyl (C=O) groups is 2. The SMILES string of the molecule is CC1CCC(CO)(NC(=O)[C@H]2CCC(=O)N2)CC1. The number of hydrogen-bond acceptors (Lipinski definition) is 3. The van der Waals surface area contributed by atoms with Crippen molar-refractivity contribution in [3.05, 3.63) is 0 Å². The second kappa shape index (κ2) is 5.26. The molecule has 5 heteroatoms. The van der Waals surface area contributed by atoms with Crippen LogP contribution in [0.5, 0.6) is 0 Å². The first-order valence-electron chi connectivity index (χ1n) is 6.77. The Hall–Kier alpha value is -1.10. The predicted octanol–water partition coefficient (Wildman–Crippen LogP) is 0.322. The number of nitrogens with one attached hydrogen (secondary N) is 2. The van der Waals surface area contributed by atoms with Gasteiger partial charge in [0.05, 0.1) is 12.1 Å². The van der Waals surface area contributed by atoms with Crippen molar-refractivity contribution in [2.45, 2.75) is 57.0 Å². The highest BCUT2D eigenvalue weighted by Gasteiger charge is 2.37. The first-order valence-corrected chi connectivity index (χ1v) is 6.77. The summed E-state index contributed by atoms with van der Waals surface area (Å²) in [4.78, 5) is 23.2. The van der Waals surface area contributed by atoms with Crippen molar-refractivity contribution in [1.29, 1.82) is 0 Å². The molecule has 1 saturated carbocycles. The van der Waals surface area contributed by atoms with Gasteiger partial charge in [-0.25, -0.2) is 0 Å². The van der Waals surface area contributed by atoms with E-state index in [1.165, 1.54) is 0 Å². The van der Waals surface area contributed by atoms with Gasteiger partial charge in [-0.05, 0) is 38.0 Å². The number of aliphatic hydroxyl groups is 1. The first-order chi connectivity index (χ1) is 8.54. The van der Waals surface area contributed by atoms with Crippen molar-refractivity contribution < 1.29 is 14.7 Å². The van der Waals surface area contributed by atoms with Gasteiger partial charge in [0.2, 0.25) is 11.8 Å². The van der Waals surface area contributed by atoms with Crippen LogP contribution in [0.3, 0.4) is 0 Å². The molecule has 0 aromatic rings. The molecule has 2 aliphatic rings. The van der Waals surface area contributed by atoms with Crippen LogP contribution >= 0.6 is 0 Å². The van der Waals surface area contributed by atoms with E-state index in [-0.39, 0.29) is 18.4 Å². The van der Waals surface area contributed by atoms with E-state index in [0.717, 1.165) is 25.7 Å². The summed E-state index contributed by atoms with van der Waals surface area (Å²) in [5.74, 6) is 0.447. The summed E-state index contributed by atoms with van der Waals surface area (Å²) >= 11 is 0. The van der Waals surface area contributed by atoms with Crippen LogP contribution in [0.15, 0.2) is 0 Å². The van der Waals surface area contributed by atoms with Gasteiger partial charge in [0.25, 0.3) is 0 Å². The monoisotopic (exact) mass is 254 g/mol. The van der Waals surface area contributed by atoms with Crippen LogP contribution in [-0.2, 0) is 9.59 Å². The van der Waals surface area contributed by atoms with E-state index in [2.05, 4.69) is 17.6 Å². The molecule has 102 valence electrons. The van der Waals surface area contributed by atoms with Gasteiger partial charge in [-0.15, -0.1) is 0 Å². The molecule has 0 aromatic carbocycles. The van der Waals surface area contributed by atoms with Crippen molar-refractivity contribution in [3.63, 3.8) is 0 Å². The number of carbonyl (C=O) groups excluding carboxylic acids is 2. The molecule has 0 aromatic heterocycles. The minimum Gasteiger partial charge on any atom is -0.394 e. The van der Waals surface area contributed by atoms with Gasteiger partial charge in [0, 0.05) is 6.42 Å². The lowest BCUT2D eigenvalue weighted by Crippen LogP contribution is -2.57. The standard InChI is InChI=1S/C13H22N2O3/c1-9-4-6-13(8-16,7-5-9)15-12(18)10-2-3-11(17)14-10/h9-10,16H,2-8H2,1H3,(H,14,17)(H,15,18)/t9?,10-,13?/m1/s1. The fourth-order valence-electron chi connectivity index (χ4n) is 2.80. The molecule has 1 saturated heterocycles. The van der Waals surface area contributed by atoms with Crippen LogP contribution in [-0.4, -0.2) is 35.1 Å². The summed E-state index contributed by atoms with van der Waals surface area (Å²) in [7, 11) is 0. The zero-order chi connectivity index (χ0) is 13.2. The van der Waals surface area contributed by atoms with Crippen molar-refractivity contribution in [2.75, 3.05) is 6.61 Å². The maximum Gasteiger partial charge on any atom is 0.243 e. The van der Waals surface area contributed by atoms with Crippen LogP contribution < -0.4 is 10.6 Å². The van der Waals surface area contributed by atoms with Crippen LogP contribution in [0.1, 0.15) is 45.4 Å². The number of amides is 2. The molecule has 1 heterocycles. The van der Waals surface area contributed by atoms with Gasteiger partial charge in [-0.3, -0.25) is 9.59 Å². The average Bonchev–Trinajstić information content (AvgIpc) is 2.79. The molecule has 5 nitrogen and oxygen atoms in total. The maximum atomic E-state index is 12.1. The highest BCUT2D eigenvalue weighted by molar-refractivity contribution is 5.91. The lowest BCUT2D eigenvalue weighted by molar-refractivity contribution is -0.128. The van der Waals surface area contributed by atoms with E-state index in [0.29, 0.717) is 18.8 Å². The lowest BCUT2D eigenvalue weighted by Gasteiger charge is -2.39. The fraction of sp³-hybridized carbons (Fsp3) is 0.846. The predicted molar refractivity (Wildman–Crippen MR) is 66.8 cm³/mol. The molecule has 2 rings (SSSR count). The van der Waals surface area contributed by atoms with E-state index in [9.17, 15) is 14.7 Å². The van der Waals surface area contributed by atoms with E-state index >= 15 is 0 Å². The summed E-state index contributed by atoms with van der Waals surface area (Å²) in [5.41, 5.74) is -0.475. The molecule has 0 radical (unpaired) electrons. The number of rotatable bonds is 3.